The van der Waals surface area contributed by atoms with Gasteiger partial charge < -0.3 is 10.5 Å². The number of fused-ring (bicyclic) bond motifs is 1. The molecule has 1 aromatic carbocycles. The number of aryl methyl sites for hydroxylation is 1. The van der Waals surface area contributed by atoms with Gasteiger partial charge in [0, 0.05) is 36.0 Å². The summed E-state index contributed by atoms with van der Waals surface area (Å²) in [5.41, 5.74) is 10.2. The molecular formula is C18H16N6O. The molecule has 124 valence electrons. The van der Waals surface area contributed by atoms with Crippen molar-refractivity contribution in [2.24, 2.45) is 7.05 Å². The molecular weight excluding hydrogens is 316 g/mol. The fraction of sp³-hybridized carbons (Fsp3) is 0.111. The molecule has 7 nitrogen and oxygen atoms in total. The fourth-order valence-electron chi connectivity index (χ4n) is 2.84. The summed E-state index contributed by atoms with van der Waals surface area (Å²) in [4.78, 5) is 12.8. The Morgan fingerprint density at radius 3 is 2.72 bits per heavy atom. The first-order valence-electron chi connectivity index (χ1n) is 7.70. The lowest BCUT2D eigenvalue weighted by Gasteiger charge is -2.12. The lowest BCUT2D eigenvalue weighted by molar-refractivity contribution is 0.416. The highest BCUT2D eigenvalue weighted by atomic mass is 16.5. The van der Waals surface area contributed by atoms with Gasteiger partial charge >= 0.3 is 0 Å². The van der Waals surface area contributed by atoms with Crippen molar-refractivity contribution >= 4 is 16.9 Å². The van der Waals surface area contributed by atoms with E-state index in [0.29, 0.717) is 11.3 Å². The van der Waals surface area contributed by atoms with E-state index in [9.17, 15) is 0 Å². The van der Waals surface area contributed by atoms with Crippen LogP contribution >= 0.6 is 0 Å². The summed E-state index contributed by atoms with van der Waals surface area (Å²) in [5.74, 6) is 0.909. The zero-order valence-electron chi connectivity index (χ0n) is 13.8. The van der Waals surface area contributed by atoms with Gasteiger partial charge in [-0.05, 0) is 23.8 Å². The Balaban J connectivity index is 1.91. The molecule has 2 N–H and O–H groups in total. The van der Waals surface area contributed by atoms with Crippen molar-refractivity contribution in [1.82, 2.24) is 24.7 Å². The number of nitrogens with zero attached hydrogens (tertiary/aromatic N) is 5. The zero-order chi connectivity index (χ0) is 17.4. The Hall–Kier alpha value is -3.48. The van der Waals surface area contributed by atoms with Crippen molar-refractivity contribution in [3.05, 3.63) is 49.1 Å². The van der Waals surface area contributed by atoms with Gasteiger partial charge in [0.05, 0.1) is 30.7 Å². The van der Waals surface area contributed by atoms with Gasteiger partial charge in [0.1, 0.15) is 5.75 Å². The lowest BCUT2D eigenvalue weighted by atomic mass is 10.0. The molecule has 0 bridgehead atoms. The molecule has 0 radical (unpaired) electrons. The number of benzene rings is 1. The minimum atomic E-state index is 0.203. The van der Waals surface area contributed by atoms with Crippen molar-refractivity contribution < 1.29 is 4.74 Å². The number of hydrogen-bond acceptors (Lipinski definition) is 6. The van der Waals surface area contributed by atoms with Crippen LogP contribution in [-0.4, -0.2) is 31.8 Å². The second kappa shape index (κ2) is 5.86. The van der Waals surface area contributed by atoms with E-state index in [-0.39, 0.29) is 5.95 Å². The summed E-state index contributed by atoms with van der Waals surface area (Å²) in [5, 5.41) is 5.09. The van der Waals surface area contributed by atoms with Crippen LogP contribution in [0.1, 0.15) is 0 Å². The molecule has 0 amide bonds. The van der Waals surface area contributed by atoms with Gasteiger partial charge in [-0.15, -0.1) is 0 Å². The van der Waals surface area contributed by atoms with Crippen LogP contribution in [0.2, 0.25) is 0 Å². The van der Waals surface area contributed by atoms with E-state index in [2.05, 4.69) is 20.1 Å². The summed E-state index contributed by atoms with van der Waals surface area (Å²) in [6, 6.07) is 7.83. The van der Waals surface area contributed by atoms with Crippen LogP contribution < -0.4 is 10.5 Å². The van der Waals surface area contributed by atoms with E-state index in [4.69, 9.17) is 10.5 Å². The van der Waals surface area contributed by atoms with Crippen LogP contribution in [0.15, 0.2) is 49.1 Å². The molecule has 7 heteroatoms. The maximum Gasteiger partial charge on any atom is 0.221 e. The number of hydrogen-bond donors (Lipinski definition) is 1. The Morgan fingerprint density at radius 1 is 1.08 bits per heavy atom. The monoisotopic (exact) mass is 332 g/mol. The first-order valence-corrected chi connectivity index (χ1v) is 7.70. The van der Waals surface area contributed by atoms with Crippen molar-refractivity contribution in [2.45, 2.75) is 0 Å². The quantitative estimate of drug-likeness (QED) is 0.620. The standard InChI is InChI=1S/C18H16N6O/c1-24-10-12(8-21-24)11-3-4-14(16(7-11)25-2)17-13-5-6-20-9-15(13)22-18(19)23-17/h3-10H,1-2H3,(H2,19,22,23). The topological polar surface area (TPSA) is 91.7 Å². The maximum absolute atomic E-state index is 5.88. The van der Waals surface area contributed by atoms with E-state index < -0.39 is 0 Å². The molecule has 3 heterocycles. The summed E-state index contributed by atoms with van der Waals surface area (Å²) in [6.07, 6.45) is 7.16. The SMILES string of the molecule is COc1cc(-c2cnn(C)c2)ccc1-c1nc(N)nc2cnccc12. The van der Waals surface area contributed by atoms with Gasteiger partial charge in [0.2, 0.25) is 5.95 Å². The minimum absolute atomic E-state index is 0.203. The largest absolute Gasteiger partial charge is 0.496 e. The highest BCUT2D eigenvalue weighted by Crippen LogP contribution is 2.36. The predicted octanol–water partition coefficient (Wildman–Crippen LogP) is 2.68. The second-order valence-corrected chi connectivity index (χ2v) is 5.64. The van der Waals surface area contributed by atoms with E-state index in [0.717, 1.165) is 27.8 Å². The van der Waals surface area contributed by atoms with Crippen LogP contribution in [0.25, 0.3) is 33.3 Å². The molecule has 0 aliphatic carbocycles. The molecule has 0 unspecified atom stereocenters. The molecule has 3 aromatic heterocycles. The van der Waals surface area contributed by atoms with Crippen molar-refractivity contribution in [3.63, 3.8) is 0 Å². The molecule has 0 spiro atoms. The Bertz CT molecular complexity index is 1070. The third kappa shape index (κ3) is 2.65. The highest BCUT2D eigenvalue weighted by Gasteiger charge is 2.14. The maximum atomic E-state index is 5.88. The first kappa shape index (κ1) is 15.1. The number of anilines is 1. The molecule has 0 aliphatic rings. The van der Waals surface area contributed by atoms with Crippen molar-refractivity contribution in [2.75, 3.05) is 12.8 Å². The van der Waals surface area contributed by atoms with Crippen LogP contribution in [-0.2, 0) is 7.05 Å². The van der Waals surface area contributed by atoms with E-state index in [1.54, 1.807) is 24.2 Å². The fourth-order valence-corrected chi connectivity index (χ4v) is 2.84. The number of nitrogen functional groups attached to an aromatic ring is 1. The summed E-state index contributed by atoms with van der Waals surface area (Å²) < 4.78 is 7.38. The zero-order valence-corrected chi connectivity index (χ0v) is 13.8. The third-order valence-electron chi connectivity index (χ3n) is 4.01. The van der Waals surface area contributed by atoms with Gasteiger partial charge in [0.25, 0.3) is 0 Å². The van der Waals surface area contributed by atoms with E-state index in [1.165, 1.54) is 0 Å². The number of methoxy groups -OCH3 is 1. The second-order valence-electron chi connectivity index (χ2n) is 5.64. The average molecular weight is 332 g/mol. The number of pyridine rings is 1. The van der Waals surface area contributed by atoms with Gasteiger partial charge in [-0.25, -0.2) is 9.97 Å². The number of ether oxygens (including phenoxy) is 1. The summed E-state index contributed by atoms with van der Waals surface area (Å²) in [6.45, 7) is 0. The minimum Gasteiger partial charge on any atom is -0.496 e. The normalized spacial score (nSPS) is 11.0. The van der Waals surface area contributed by atoms with Crippen LogP contribution in [0.3, 0.4) is 0 Å². The smallest absolute Gasteiger partial charge is 0.221 e. The van der Waals surface area contributed by atoms with Gasteiger partial charge in [-0.1, -0.05) is 6.07 Å². The molecule has 0 aliphatic heterocycles. The van der Waals surface area contributed by atoms with Gasteiger partial charge in [0.15, 0.2) is 0 Å². The molecule has 4 rings (SSSR count). The average Bonchev–Trinajstić information content (AvgIpc) is 3.07. The third-order valence-corrected chi connectivity index (χ3v) is 4.01. The van der Waals surface area contributed by atoms with E-state index in [1.807, 2.05) is 43.7 Å². The predicted molar refractivity (Wildman–Crippen MR) is 95.9 cm³/mol. The highest BCUT2D eigenvalue weighted by molar-refractivity contribution is 5.94. The summed E-state index contributed by atoms with van der Waals surface area (Å²) in [7, 11) is 3.53. The van der Waals surface area contributed by atoms with Gasteiger partial charge in [-0.2, -0.15) is 5.10 Å². The number of aromatic nitrogens is 5. The van der Waals surface area contributed by atoms with Crippen LogP contribution in [0.5, 0.6) is 5.75 Å². The molecule has 0 atom stereocenters. The molecule has 4 aromatic rings. The lowest BCUT2D eigenvalue weighted by Crippen LogP contribution is -1.99. The van der Waals surface area contributed by atoms with Crippen LogP contribution in [0.4, 0.5) is 5.95 Å². The van der Waals surface area contributed by atoms with Gasteiger partial charge in [-0.3, -0.25) is 9.67 Å². The Labute approximate surface area is 144 Å². The Kier molecular flexibility index (Phi) is 3.53. The molecule has 25 heavy (non-hydrogen) atoms. The molecule has 0 saturated heterocycles. The molecule has 0 fully saturated rings. The molecule has 0 saturated carbocycles. The van der Waals surface area contributed by atoms with Crippen LogP contribution in [0, 0.1) is 0 Å². The van der Waals surface area contributed by atoms with E-state index >= 15 is 0 Å². The number of rotatable bonds is 3. The van der Waals surface area contributed by atoms with Crippen molar-refractivity contribution in [1.29, 1.82) is 0 Å². The Morgan fingerprint density at radius 2 is 1.96 bits per heavy atom. The first-order chi connectivity index (χ1) is 12.2. The summed E-state index contributed by atoms with van der Waals surface area (Å²) >= 11 is 0. The number of nitrogens with two attached hydrogens (primary N) is 1. The van der Waals surface area contributed by atoms with Crippen molar-refractivity contribution in [3.8, 4) is 28.1 Å².